The third kappa shape index (κ3) is 3.73. The molecule has 7 heteroatoms. The van der Waals surface area contributed by atoms with Crippen molar-refractivity contribution in [3.8, 4) is 0 Å². The number of hydrogen-bond donors (Lipinski definition) is 0. The van der Waals surface area contributed by atoms with Gasteiger partial charge in [-0.05, 0) is 25.5 Å². The van der Waals surface area contributed by atoms with E-state index in [1.54, 1.807) is 17.1 Å². The molecule has 0 spiro atoms. The Morgan fingerprint density at radius 1 is 1.39 bits per heavy atom. The summed E-state index contributed by atoms with van der Waals surface area (Å²) in [4.78, 5) is 22.8. The number of carbonyl (C=O) groups excluding carboxylic acids is 1. The van der Waals surface area contributed by atoms with Crippen LogP contribution in [0.3, 0.4) is 0 Å². The minimum absolute atomic E-state index is 0.144. The first kappa shape index (κ1) is 15.6. The highest BCUT2D eigenvalue weighted by Crippen LogP contribution is 2.21. The van der Waals surface area contributed by atoms with Gasteiger partial charge in [0.25, 0.3) is 0 Å². The molecule has 1 saturated heterocycles. The molecule has 1 fully saturated rings. The molecule has 0 radical (unpaired) electrons. The summed E-state index contributed by atoms with van der Waals surface area (Å²) in [7, 11) is 1.89. The zero-order valence-electron chi connectivity index (χ0n) is 13.5. The number of nitrogens with zero attached hydrogens (tertiary/aromatic N) is 5. The lowest BCUT2D eigenvalue weighted by Gasteiger charge is -2.32. The van der Waals surface area contributed by atoms with E-state index in [2.05, 4.69) is 15.1 Å². The normalized spacial score (nSPS) is 18.2. The van der Waals surface area contributed by atoms with E-state index in [0.29, 0.717) is 38.4 Å². The molecule has 1 amide bonds. The molecule has 1 aliphatic rings. The van der Waals surface area contributed by atoms with E-state index >= 15 is 0 Å². The highest BCUT2D eigenvalue weighted by atomic mass is 16.5. The average Bonchev–Trinajstić information content (AvgIpc) is 2.98. The smallest absolute Gasteiger partial charge is 0.223 e. The Balaban J connectivity index is 1.59. The molecule has 0 N–H and O–H groups in total. The van der Waals surface area contributed by atoms with E-state index in [-0.39, 0.29) is 12.0 Å². The summed E-state index contributed by atoms with van der Waals surface area (Å²) in [6, 6.07) is 3.79. The summed E-state index contributed by atoms with van der Waals surface area (Å²) in [6.07, 6.45) is 4.48. The molecule has 3 rings (SSSR count). The SMILES string of the molecule is Cc1nccc(C2CN(C(=O)CCc3ccnn3C)CCO2)n1. The predicted molar refractivity (Wildman–Crippen MR) is 83.6 cm³/mol. The van der Waals surface area contributed by atoms with Crippen LogP contribution < -0.4 is 0 Å². The number of hydrogen-bond acceptors (Lipinski definition) is 5. The van der Waals surface area contributed by atoms with E-state index in [4.69, 9.17) is 4.74 Å². The van der Waals surface area contributed by atoms with Crippen molar-refractivity contribution in [3.05, 3.63) is 41.7 Å². The van der Waals surface area contributed by atoms with E-state index in [0.717, 1.165) is 11.4 Å². The number of amides is 1. The van der Waals surface area contributed by atoms with Crippen LogP contribution in [0.1, 0.15) is 29.7 Å². The summed E-state index contributed by atoms with van der Waals surface area (Å²) < 4.78 is 7.58. The van der Waals surface area contributed by atoms with E-state index in [1.807, 2.05) is 31.0 Å². The molecule has 23 heavy (non-hydrogen) atoms. The molecule has 122 valence electrons. The lowest BCUT2D eigenvalue weighted by molar-refractivity contribution is -0.139. The van der Waals surface area contributed by atoms with Gasteiger partial charge < -0.3 is 9.64 Å². The molecule has 1 unspecified atom stereocenters. The zero-order chi connectivity index (χ0) is 16.2. The fourth-order valence-electron chi connectivity index (χ4n) is 2.75. The molecule has 0 bridgehead atoms. The van der Waals surface area contributed by atoms with Crippen LogP contribution in [0.25, 0.3) is 0 Å². The Hall–Kier alpha value is -2.28. The highest BCUT2D eigenvalue weighted by molar-refractivity contribution is 5.76. The van der Waals surface area contributed by atoms with Gasteiger partial charge in [-0.15, -0.1) is 0 Å². The van der Waals surface area contributed by atoms with E-state index in [1.165, 1.54) is 0 Å². The van der Waals surface area contributed by atoms with Crippen molar-refractivity contribution in [2.45, 2.75) is 25.9 Å². The maximum atomic E-state index is 12.5. The molecular weight excluding hydrogens is 294 g/mol. The monoisotopic (exact) mass is 315 g/mol. The van der Waals surface area contributed by atoms with Crippen LogP contribution in [0.5, 0.6) is 0 Å². The largest absolute Gasteiger partial charge is 0.368 e. The standard InChI is InChI=1S/C16H21N5O2/c1-12-17-7-6-14(19-12)15-11-21(9-10-23-15)16(22)4-3-13-5-8-18-20(13)2/h5-8,15H,3-4,9-11H2,1-2H3. The third-order valence-corrected chi connectivity index (χ3v) is 4.06. The molecule has 2 aromatic heterocycles. The van der Waals surface area contributed by atoms with Crippen molar-refractivity contribution >= 4 is 5.91 Å². The summed E-state index contributed by atoms with van der Waals surface area (Å²) in [5, 5.41) is 4.12. The quantitative estimate of drug-likeness (QED) is 0.843. The zero-order valence-corrected chi connectivity index (χ0v) is 13.5. The molecule has 0 saturated carbocycles. The van der Waals surface area contributed by atoms with Crippen LogP contribution in [0.4, 0.5) is 0 Å². The Bertz CT molecular complexity index is 685. The first-order chi connectivity index (χ1) is 11.1. The highest BCUT2D eigenvalue weighted by Gasteiger charge is 2.26. The molecule has 3 heterocycles. The fraction of sp³-hybridized carbons (Fsp3) is 0.500. The lowest BCUT2D eigenvalue weighted by Crippen LogP contribution is -2.42. The summed E-state index contributed by atoms with van der Waals surface area (Å²) in [5.74, 6) is 0.857. The van der Waals surface area contributed by atoms with Crippen molar-refractivity contribution in [3.63, 3.8) is 0 Å². The number of carbonyl (C=O) groups is 1. The molecule has 0 aromatic carbocycles. The van der Waals surface area contributed by atoms with Gasteiger partial charge in [0.05, 0.1) is 18.8 Å². The first-order valence-corrected chi connectivity index (χ1v) is 7.79. The Morgan fingerprint density at radius 2 is 2.26 bits per heavy atom. The first-order valence-electron chi connectivity index (χ1n) is 7.79. The van der Waals surface area contributed by atoms with Crippen LogP contribution in [-0.4, -0.2) is 50.3 Å². The second-order valence-corrected chi connectivity index (χ2v) is 5.67. The van der Waals surface area contributed by atoms with Crippen molar-refractivity contribution in [1.29, 1.82) is 0 Å². The van der Waals surface area contributed by atoms with E-state index < -0.39 is 0 Å². The average molecular weight is 315 g/mol. The maximum Gasteiger partial charge on any atom is 0.223 e. The molecule has 2 aromatic rings. The number of morpholine rings is 1. The minimum Gasteiger partial charge on any atom is -0.368 e. The predicted octanol–water partition coefficient (Wildman–Crippen LogP) is 1.05. The van der Waals surface area contributed by atoms with E-state index in [9.17, 15) is 4.79 Å². The minimum atomic E-state index is -0.175. The van der Waals surface area contributed by atoms with Crippen molar-refractivity contribution in [2.75, 3.05) is 19.7 Å². The Kier molecular flexibility index (Phi) is 4.66. The van der Waals surface area contributed by atoms with Crippen LogP contribution >= 0.6 is 0 Å². The maximum absolute atomic E-state index is 12.5. The lowest BCUT2D eigenvalue weighted by atomic mass is 10.1. The van der Waals surface area contributed by atoms with Crippen LogP contribution in [0, 0.1) is 6.92 Å². The number of ether oxygens (including phenoxy) is 1. The summed E-state index contributed by atoms with van der Waals surface area (Å²) >= 11 is 0. The van der Waals surface area contributed by atoms with Gasteiger partial charge in [-0.25, -0.2) is 9.97 Å². The van der Waals surface area contributed by atoms with Gasteiger partial charge >= 0.3 is 0 Å². The van der Waals surface area contributed by atoms with Gasteiger partial charge in [0.1, 0.15) is 11.9 Å². The van der Waals surface area contributed by atoms with Crippen LogP contribution in [0.15, 0.2) is 24.5 Å². The van der Waals surface area contributed by atoms with Crippen LogP contribution in [0.2, 0.25) is 0 Å². The summed E-state index contributed by atoms with van der Waals surface area (Å²) in [6.45, 7) is 3.56. The summed E-state index contributed by atoms with van der Waals surface area (Å²) in [5.41, 5.74) is 1.90. The van der Waals surface area contributed by atoms with Crippen molar-refractivity contribution < 1.29 is 9.53 Å². The molecule has 0 aliphatic carbocycles. The number of aromatic nitrogens is 4. The van der Waals surface area contributed by atoms with Gasteiger partial charge in [0, 0.05) is 38.1 Å². The third-order valence-electron chi connectivity index (χ3n) is 4.06. The van der Waals surface area contributed by atoms with Gasteiger partial charge in [0.15, 0.2) is 0 Å². The molecular formula is C16H21N5O2. The topological polar surface area (TPSA) is 73.1 Å². The van der Waals surface area contributed by atoms with Gasteiger partial charge in [-0.1, -0.05) is 0 Å². The Labute approximate surface area is 135 Å². The number of aryl methyl sites for hydroxylation is 3. The number of rotatable bonds is 4. The second kappa shape index (κ2) is 6.87. The second-order valence-electron chi connectivity index (χ2n) is 5.67. The Morgan fingerprint density at radius 3 is 3.00 bits per heavy atom. The van der Waals surface area contributed by atoms with Crippen molar-refractivity contribution in [2.24, 2.45) is 7.05 Å². The van der Waals surface area contributed by atoms with Crippen LogP contribution in [-0.2, 0) is 23.0 Å². The van der Waals surface area contributed by atoms with Gasteiger partial charge in [-0.3, -0.25) is 9.48 Å². The molecule has 7 nitrogen and oxygen atoms in total. The van der Waals surface area contributed by atoms with Gasteiger partial charge in [-0.2, -0.15) is 5.10 Å². The van der Waals surface area contributed by atoms with Crippen molar-refractivity contribution in [1.82, 2.24) is 24.6 Å². The van der Waals surface area contributed by atoms with Gasteiger partial charge in [0.2, 0.25) is 5.91 Å². The molecule has 1 atom stereocenters. The molecule has 1 aliphatic heterocycles. The fourth-order valence-corrected chi connectivity index (χ4v) is 2.75.